The zero-order valence-corrected chi connectivity index (χ0v) is 12.6. The maximum Gasteiger partial charge on any atom is 0.175 e. The first-order valence-corrected chi connectivity index (χ1v) is 7.68. The largest absolute Gasteiger partial charge is 0.490 e. The molecule has 0 aliphatic carbocycles. The molecule has 2 N–H and O–H groups in total. The third-order valence-electron chi connectivity index (χ3n) is 2.14. The number of thioether (sulfide) groups is 1. The summed E-state index contributed by atoms with van der Waals surface area (Å²) in [4.78, 5) is 0. The molecule has 1 aromatic carbocycles. The molecule has 0 radical (unpaired) electrons. The maximum atomic E-state index is 5.73. The Balaban J connectivity index is 2.90. The molecule has 0 fully saturated rings. The number of nitrogens with two attached hydrogens (primary N) is 1. The number of rotatable bonds is 7. The summed E-state index contributed by atoms with van der Waals surface area (Å²) in [6, 6.07) is 3.90. The van der Waals surface area contributed by atoms with E-state index in [1.807, 2.05) is 19.1 Å². The zero-order valence-electron chi connectivity index (χ0n) is 10.2. The van der Waals surface area contributed by atoms with Gasteiger partial charge in [-0.1, -0.05) is 0 Å². The first-order valence-electron chi connectivity index (χ1n) is 5.50. The third-order valence-corrected chi connectivity index (χ3v) is 3.30. The summed E-state index contributed by atoms with van der Waals surface area (Å²) >= 11 is 5.25. The molecule has 1 aromatic rings. The predicted molar refractivity (Wildman–Crippen MR) is 77.1 cm³/mol. The standard InChI is InChI=1S/C12H18BrNO2S/c1-3-15-11-7-9(8-14)6-10(13)12(11)16-4-5-17-2/h6-7H,3-5,8,14H2,1-2H3. The lowest BCUT2D eigenvalue weighted by Gasteiger charge is -2.14. The number of hydrogen-bond donors (Lipinski definition) is 1. The minimum Gasteiger partial charge on any atom is -0.490 e. The Kier molecular flexibility index (Phi) is 6.77. The lowest BCUT2D eigenvalue weighted by atomic mass is 10.2. The van der Waals surface area contributed by atoms with Crippen LogP contribution in [0.3, 0.4) is 0 Å². The average Bonchev–Trinajstić information content (AvgIpc) is 2.32. The second kappa shape index (κ2) is 7.84. The number of halogens is 1. The second-order valence-electron chi connectivity index (χ2n) is 3.38. The van der Waals surface area contributed by atoms with Crippen LogP contribution >= 0.6 is 27.7 Å². The number of hydrogen-bond acceptors (Lipinski definition) is 4. The number of ether oxygens (including phenoxy) is 2. The van der Waals surface area contributed by atoms with Crippen molar-refractivity contribution in [2.24, 2.45) is 5.73 Å². The Morgan fingerprint density at radius 2 is 2.12 bits per heavy atom. The molecule has 0 heterocycles. The molecule has 3 nitrogen and oxygen atoms in total. The van der Waals surface area contributed by atoms with Crippen molar-refractivity contribution in [2.75, 3.05) is 25.2 Å². The summed E-state index contributed by atoms with van der Waals surface area (Å²) in [5, 5.41) is 0. The number of benzene rings is 1. The highest BCUT2D eigenvalue weighted by molar-refractivity contribution is 9.10. The molecule has 0 aliphatic heterocycles. The van der Waals surface area contributed by atoms with Gasteiger partial charge >= 0.3 is 0 Å². The van der Waals surface area contributed by atoms with Crippen LogP contribution in [0.5, 0.6) is 11.5 Å². The fraction of sp³-hybridized carbons (Fsp3) is 0.500. The molecule has 5 heteroatoms. The van der Waals surface area contributed by atoms with E-state index >= 15 is 0 Å². The molecular formula is C12H18BrNO2S. The molecule has 0 aliphatic rings. The van der Waals surface area contributed by atoms with Gasteiger partial charge in [0.2, 0.25) is 0 Å². The van der Waals surface area contributed by atoms with E-state index in [-0.39, 0.29) is 0 Å². The van der Waals surface area contributed by atoms with Gasteiger partial charge in [0, 0.05) is 12.3 Å². The van der Waals surface area contributed by atoms with E-state index in [1.165, 1.54) is 0 Å². The van der Waals surface area contributed by atoms with Crippen molar-refractivity contribution >= 4 is 27.7 Å². The van der Waals surface area contributed by atoms with Gasteiger partial charge in [0.15, 0.2) is 11.5 Å². The van der Waals surface area contributed by atoms with Crippen LogP contribution in [0.15, 0.2) is 16.6 Å². The third kappa shape index (κ3) is 4.41. The monoisotopic (exact) mass is 319 g/mol. The molecule has 1 rings (SSSR count). The molecular weight excluding hydrogens is 302 g/mol. The first kappa shape index (κ1) is 14.7. The topological polar surface area (TPSA) is 44.5 Å². The highest BCUT2D eigenvalue weighted by Gasteiger charge is 2.11. The minimum absolute atomic E-state index is 0.490. The summed E-state index contributed by atoms with van der Waals surface area (Å²) in [5.74, 6) is 2.47. The van der Waals surface area contributed by atoms with Crippen LogP contribution in [0, 0.1) is 0 Å². The van der Waals surface area contributed by atoms with Gasteiger partial charge in [-0.15, -0.1) is 0 Å². The van der Waals surface area contributed by atoms with Crippen LogP contribution in [-0.2, 0) is 6.54 Å². The summed E-state index contributed by atoms with van der Waals surface area (Å²) in [6.07, 6.45) is 2.05. The van der Waals surface area contributed by atoms with Crippen molar-refractivity contribution in [2.45, 2.75) is 13.5 Å². The molecule has 0 saturated carbocycles. The van der Waals surface area contributed by atoms with Gasteiger partial charge in [0.1, 0.15) is 0 Å². The van der Waals surface area contributed by atoms with Crippen molar-refractivity contribution in [3.05, 3.63) is 22.2 Å². The van der Waals surface area contributed by atoms with Crippen LogP contribution in [0.4, 0.5) is 0 Å². The Morgan fingerprint density at radius 1 is 1.35 bits per heavy atom. The van der Waals surface area contributed by atoms with Gasteiger partial charge in [-0.05, 0) is 46.8 Å². The summed E-state index contributed by atoms with van der Waals surface area (Å²) in [6.45, 7) is 3.72. The average molecular weight is 320 g/mol. The summed E-state index contributed by atoms with van der Waals surface area (Å²) in [5.41, 5.74) is 6.66. The van der Waals surface area contributed by atoms with Gasteiger partial charge in [-0.25, -0.2) is 0 Å². The molecule has 0 aromatic heterocycles. The Hall–Kier alpha value is -0.390. The van der Waals surface area contributed by atoms with Gasteiger partial charge in [-0.2, -0.15) is 11.8 Å². The van der Waals surface area contributed by atoms with Crippen LogP contribution in [-0.4, -0.2) is 25.2 Å². The highest BCUT2D eigenvalue weighted by atomic mass is 79.9. The molecule has 0 unspecified atom stereocenters. The molecule has 0 amide bonds. The molecule has 96 valence electrons. The van der Waals surface area contributed by atoms with Crippen LogP contribution < -0.4 is 15.2 Å². The van der Waals surface area contributed by atoms with E-state index in [2.05, 4.69) is 22.2 Å². The fourth-order valence-corrected chi connectivity index (χ4v) is 2.22. The van der Waals surface area contributed by atoms with Crippen molar-refractivity contribution in [3.63, 3.8) is 0 Å². The van der Waals surface area contributed by atoms with Crippen LogP contribution in [0.25, 0.3) is 0 Å². The highest BCUT2D eigenvalue weighted by Crippen LogP contribution is 2.36. The Labute approximate surface area is 115 Å². The second-order valence-corrected chi connectivity index (χ2v) is 5.22. The van der Waals surface area contributed by atoms with E-state index in [1.54, 1.807) is 11.8 Å². The van der Waals surface area contributed by atoms with E-state index in [9.17, 15) is 0 Å². The first-order chi connectivity index (χ1) is 8.22. The lowest BCUT2D eigenvalue weighted by Crippen LogP contribution is -2.05. The molecule has 17 heavy (non-hydrogen) atoms. The maximum absolute atomic E-state index is 5.73. The van der Waals surface area contributed by atoms with E-state index in [4.69, 9.17) is 15.2 Å². The summed E-state index contributed by atoms with van der Waals surface area (Å²) < 4.78 is 12.2. The fourth-order valence-electron chi connectivity index (χ4n) is 1.37. The van der Waals surface area contributed by atoms with Crippen molar-refractivity contribution in [3.8, 4) is 11.5 Å². The van der Waals surface area contributed by atoms with E-state index in [0.29, 0.717) is 19.8 Å². The normalized spacial score (nSPS) is 10.4. The smallest absolute Gasteiger partial charge is 0.175 e. The predicted octanol–water partition coefficient (Wildman–Crippen LogP) is 3.05. The van der Waals surface area contributed by atoms with Crippen molar-refractivity contribution in [1.29, 1.82) is 0 Å². The van der Waals surface area contributed by atoms with E-state index in [0.717, 1.165) is 27.3 Å². The Bertz CT molecular complexity index is 361. The van der Waals surface area contributed by atoms with Crippen LogP contribution in [0.1, 0.15) is 12.5 Å². The van der Waals surface area contributed by atoms with Gasteiger partial charge in [-0.3, -0.25) is 0 Å². The molecule has 0 bridgehead atoms. The van der Waals surface area contributed by atoms with Gasteiger partial charge in [0.05, 0.1) is 17.7 Å². The zero-order chi connectivity index (χ0) is 12.7. The lowest BCUT2D eigenvalue weighted by molar-refractivity contribution is 0.287. The molecule has 0 spiro atoms. The minimum atomic E-state index is 0.490. The van der Waals surface area contributed by atoms with Crippen molar-refractivity contribution < 1.29 is 9.47 Å². The van der Waals surface area contributed by atoms with Crippen molar-refractivity contribution in [1.82, 2.24) is 0 Å². The van der Waals surface area contributed by atoms with Crippen LogP contribution in [0.2, 0.25) is 0 Å². The summed E-state index contributed by atoms with van der Waals surface area (Å²) in [7, 11) is 0. The SMILES string of the molecule is CCOc1cc(CN)cc(Br)c1OCCSC. The quantitative estimate of drug-likeness (QED) is 0.784. The molecule has 0 atom stereocenters. The van der Waals surface area contributed by atoms with Gasteiger partial charge < -0.3 is 15.2 Å². The Morgan fingerprint density at radius 3 is 2.71 bits per heavy atom. The van der Waals surface area contributed by atoms with Gasteiger partial charge in [0.25, 0.3) is 0 Å². The van der Waals surface area contributed by atoms with E-state index < -0.39 is 0 Å². The molecule has 0 saturated heterocycles.